The number of carbonyl (C=O) groups is 1. The maximum absolute atomic E-state index is 12.7. The highest BCUT2D eigenvalue weighted by Crippen LogP contribution is 2.24. The van der Waals surface area contributed by atoms with E-state index < -0.39 is 0 Å². The van der Waals surface area contributed by atoms with Gasteiger partial charge in [-0.05, 0) is 30.2 Å². The Morgan fingerprint density at radius 2 is 2.04 bits per heavy atom. The fourth-order valence-corrected chi connectivity index (χ4v) is 2.88. The zero-order valence-corrected chi connectivity index (χ0v) is 15.3. The summed E-state index contributed by atoms with van der Waals surface area (Å²) in [6, 6.07) is 7.06. The minimum Gasteiger partial charge on any atom is -0.323 e. The Kier molecular flexibility index (Phi) is 4.89. The summed E-state index contributed by atoms with van der Waals surface area (Å²) in [5.74, 6) is -0.245. The molecule has 0 saturated carbocycles. The lowest BCUT2D eigenvalue weighted by atomic mass is 10.0. The molecule has 8 heteroatoms. The number of anilines is 1. The topological polar surface area (TPSA) is 89.8 Å². The van der Waals surface area contributed by atoms with Crippen LogP contribution < -0.4 is 10.9 Å². The number of hydrogen-bond donors (Lipinski definition) is 1. The van der Waals surface area contributed by atoms with Gasteiger partial charge in [0.2, 0.25) is 5.91 Å². The average molecular weight is 402 g/mol. The lowest BCUT2D eigenvalue weighted by Crippen LogP contribution is -2.31. The van der Waals surface area contributed by atoms with Gasteiger partial charge in [0.05, 0.1) is 29.2 Å². The van der Waals surface area contributed by atoms with E-state index in [2.05, 4.69) is 36.5 Å². The molecule has 2 heterocycles. The molecule has 0 aliphatic carbocycles. The van der Waals surface area contributed by atoms with E-state index in [-0.39, 0.29) is 23.9 Å². The van der Waals surface area contributed by atoms with Gasteiger partial charge in [-0.2, -0.15) is 15.3 Å². The molecule has 25 heavy (non-hydrogen) atoms. The van der Waals surface area contributed by atoms with E-state index >= 15 is 0 Å². The highest BCUT2D eigenvalue weighted by atomic mass is 79.9. The number of hydrogen-bond acceptors (Lipinski definition) is 5. The van der Waals surface area contributed by atoms with Gasteiger partial charge in [-0.1, -0.05) is 29.8 Å². The Hall–Kier alpha value is -2.61. The highest BCUT2D eigenvalue weighted by Gasteiger charge is 2.15. The number of benzene rings is 1. The van der Waals surface area contributed by atoms with Crippen LogP contribution in [0.5, 0.6) is 0 Å². The number of fused-ring (bicyclic) bond motifs is 1. The molecular weight excluding hydrogens is 386 g/mol. The summed E-state index contributed by atoms with van der Waals surface area (Å²) in [6.45, 7) is 3.83. The van der Waals surface area contributed by atoms with E-state index in [1.165, 1.54) is 17.1 Å². The van der Waals surface area contributed by atoms with Gasteiger partial charge in [0.1, 0.15) is 6.54 Å². The van der Waals surface area contributed by atoms with E-state index in [1.807, 2.05) is 19.9 Å². The average Bonchev–Trinajstić information content (AvgIpc) is 2.57. The Balaban J connectivity index is 1.99. The summed E-state index contributed by atoms with van der Waals surface area (Å²) in [5.41, 5.74) is 0.992. The maximum atomic E-state index is 12.7. The highest BCUT2D eigenvalue weighted by molar-refractivity contribution is 9.10. The zero-order valence-electron chi connectivity index (χ0n) is 13.7. The monoisotopic (exact) mass is 401 g/mol. The van der Waals surface area contributed by atoms with Gasteiger partial charge in [0.25, 0.3) is 5.56 Å². The fraction of sp³-hybridized carbons (Fsp3) is 0.235. The molecule has 0 saturated heterocycles. The molecule has 0 fully saturated rings. The van der Waals surface area contributed by atoms with E-state index in [9.17, 15) is 9.59 Å². The smallest absolute Gasteiger partial charge is 0.275 e. The van der Waals surface area contributed by atoms with Crippen molar-refractivity contribution in [2.24, 2.45) is 0 Å². The molecule has 0 aliphatic rings. The molecule has 0 radical (unpaired) electrons. The summed E-state index contributed by atoms with van der Waals surface area (Å²) in [7, 11) is 0. The van der Waals surface area contributed by atoms with Crippen molar-refractivity contribution in [1.29, 1.82) is 0 Å². The van der Waals surface area contributed by atoms with Crippen molar-refractivity contribution in [2.45, 2.75) is 26.3 Å². The number of halogens is 1. The Morgan fingerprint density at radius 1 is 1.24 bits per heavy atom. The normalized spacial score (nSPS) is 11.0. The third kappa shape index (κ3) is 3.74. The standard InChI is InChI=1S/C17H16BrN5O2/c1-10(2)16-14-7-11(18)3-4-13(14)17(25)23(22-16)9-15(24)21-12-5-6-19-20-8-12/h3-8,10H,9H2,1-2H3,(H,19,21,24). The lowest BCUT2D eigenvalue weighted by molar-refractivity contribution is -0.117. The number of amides is 1. The van der Waals surface area contributed by atoms with Gasteiger partial charge in [0, 0.05) is 9.86 Å². The van der Waals surface area contributed by atoms with Crippen LogP contribution in [0.15, 0.2) is 45.9 Å². The van der Waals surface area contributed by atoms with Crippen LogP contribution in [0.25, 0.3) is 10.8 Å². The molecule has 0 spiro atoms. The van der Waals surface area contributed by atoms with Crippen molar-refractivity contribution in [2.75, 3.05) is 5.32 Å². The summed E-state index contributed by atoms with van der Waals surface area (Å²) in [6.07, 6.45) is 2.91. The van der Waals surface area contributed by atoms with Gasteiger partial charge in [0.15, 0.2) is 0 Å². The summed E-state index contributed by atoms with van der Waals surface area (Å²) in [5, 5.41) is 15.8. The van der Waals surface area contributed by atoms with Gasteiger partial charge in [-0.3, -0.25) is 9.59 Å². The Bertz CT molecular complexity index is 985. The SMILES string of the molecule is CC(C)c1nn(CC(=O)Nc2ccnnc2)c(=O)c2ccc(Br)cc12. The summed E-state index contributed by atoms with van der Waals surface area (Å²) >= 11 is 3.42. The minimum absolute atomic E-state index is 0.108. The second-order valence-corrected chi connectivity index (χ2v) is 6.79. The van der Waals surface area contributed by atoms with Crippen LogP contribution in [0, 0.1) is 0 Å². The largest absolute Gasteiger partial charge is 0.323 e. The second-order valence-electron chi connectivity index (χ2n) is 5.87. The van der Waals surface area contributed by atoms with E-state index in [4.69, 9.17) is 0 Å². The first kappa shape index (κ1) is 17.2. The molecule has 2 aromatic heterocycles. The third-order valence-corrected chi connectivity index (χ3v) is 4.15. The van der Waals surface area contributed by atoms with Gasteiger partial charge in [-0.15, -0.1) is 0 Å². The first-order valence-corrected chi connectivity index (χ1v) is 8.52. The van der Waals surface area contributed by atoms with Crippen molar-refractivity contribution in [3.05, 3.63) is 57.2 Å². The predicted molar refractivity (Wildman–Crippen MR) is 98.5 cm³/mol. The Morgan fingerprint density at radius 3 is 2.72 bits per heavy atom. The number of nitrogens with one attached hydrogen (secondary N) is 1. The van der Waals surface area contributed by atoms with Crippen LogP contribution in [0.3, 0.4) is 0 Å². The van der Waals surface area contributed by atoms with Crippen molar-refractivity contribution in [3.63, 3.8) is 0 Å². The van der Waals surface area contributed by atoms with Crippen molar-refractivity contribution in [3.8, 4) is 0 Å². The van der Waals surface area contributed by atoms with Crippen LogP contribution >= 0.6 is 15.9 Å². The van der Waals surface area contributed by atoms with Crippen LogP contribution in [-0.4, -0.2) is 25.9 Å². The molecule has 0 bridgehead atoms. The van der Waals surface area contributed by atoms with E-state index in [1.54, 1.807) is 18.2 Å². The maximum Gasteiger partial charge on any atom is 0.275 e. The molecule has 128 valence electrons. The lowest BCUT2D eigenvalue weighted by Gasteiger charge is -2.13. The van der Waals surface area contributed by atoms with E-state index in [0.717, 1.165) is 15.6 Å². The fourth-order valence-electron chi connectivity index (χ4n) is 2.52. The van der Waals surface area contributed by atoms with Crippen molar-refractivity contribution >= 4 is 38.3 Å². The van der Waals surface area contributed by atoms with Crippen LogP contribution in [0.1, 0.15) is 25.5 Å². The van der Waals surface area contributed by atoms with Gasteiger partial charge >= 0.3 is 0 Å². The molecule has 7 nitrogen and oxygen atoms in total. The van der Waals surface area contributed by atoms with Gasteiger partial charge in [-0.25, -0.2) is 4.68 Å². The van der Waals surface area contributed by atoms with Crippen molar-refractivity contribution < 1.29 is 4.79 Å². The molecule has 0 unspecified atom stereocenters. The molecule has 0 atom stereocenters. The number of rotatable bonds is 4. The quantitative estimate of drug-likeness (QED) is 0.725. The van der Waals surface area contributed by atoms with Crippen molar-refractivity contribution in [1.82, 2.24) is 20.0 Å². The minimum atomic E-state index is -0.353. The molecule has 3 aromatic rings. The predicted octanol–water partition coefficient (Wildman–Crippen LogP) is 2.71. The van der Waals surface area contributed by atoms with Crippen LogP contribution in [0.4, 0.5) is 5.69 Å². The molecule has 0 aliphatic heterocycles. The first-order valence-electron chi connectivity index (χ1n) is 7.72. The summed E-state index contributed by atoms with van der Waals surface area (Å²) < 4.78 is 2.08. The molecular formula is C17H16BrN5O2. The number of aromatic nitrogens is 4. The van der Waals surface area contributed by atoms with Crippen LogP contribution in [0.2, 0.25) is 0 Å². The molecule has 1 N–H and O–H groups in total. The number of nitrogens with zero attached hydrogens (tertiary/aromatic N) is 4. The Labute approximate surface area is 152 Å². The number of carbonyl (C=O) groups excluding carboxylic acids is 1. The summed E-state index contributed by atoms with van der Waals surface area (Å²) in [4.78, 5) is 24.9. The molecule has 3 rings (SSSR count). The van der Waals surface area contributed by atoms with Gasteiger partial charge < -0.3 is 5.32 Å². The molecule has 1 aromatic carbocycles. The zero-order chi connectivity index (χ0) is 18.0. The van der Waals surface area contributed by atoms with E-state index in [0.29, 0.717) is 11.1 Å². The second kappa shape index (κ2) is 7.10. The third-order valence-electron chi connectivity index (χ3n) is 3.66. The van der Waals surface area contributed by atoms with Crippen LogP contribution in [-0.2, 0) is 11.3 Å². The first-order chi connectivity index (χ1) is 12.0. The molecule has 1 amide bonds.